The van der Waals surface area contributed by atoms with Crippen molar-refractivity contribution in [3.63, 3.8) is 0 Å². The Morgan fingerprint density at radius 2 is 1.93 bits per heavy atom. The normalized spacial score (nSPS) is 21.8. The second-order valence-electron chi connectivity index (χ2n) is 3.97. The Kier molecular flexibility index (Phi) is 2.80. The molecule has 1 fully saturated rings. The van der Waals surface area contributed by atoms with Crippen LogP contribution in [0.3, 0.4) is 0 Å². The molecule has 0 saturated carbocycles. The molecule has 2 rings (SSSR count). The van der Waals surface area contributed by atoms with Gasteiger partial charge in [0.1, 0.15) is 0 Å². The number of rotatable bonds is 2. The van der Waals surface area contributed by atoms with Gasteiger partial charge in [-0.25, -0.2) is 8.42 Å². The van der Waals surface area contributed by atoms with Crippen molar-refractivity contribution in [2.75, 3.05) is 13.1 Å². The highest BCUT2D eigenvalue weighted by Crippen LogP contribution is 2.20. The molecule has 4 heteroatoms. The zero-order valence-electron chi connectivity index (χ0n) is 8.73. The minimum Gasteiger partial charge on any atom is -0.315 e. The van der Waals surface area contributed by atoms with Crippen LogP contribution in [0.2, 0.25) is 0 Å². The van der Waals surface area contributed by atoms with Gasteiger partial charge in [0.2, 0.25) is 0 Å². The minimum atomic E-state index is -3.12. The molecule has 0 radical (unpaired) electrons. The standard InChI is InChI=1S/C11H15NO2S/c1-9-2-4-10(5-3-9)15(13,14)11-6-7-12-8-11/h2-5,11-12H,6-8H2,1H3/t11-/m1/s1. The van der Waals surface area contributed by atoms with E-state index in [2.05, 4.69) is 5.32 Å². The van der Waals surface area contributed by atoms with E-state index < -0.39 is 9.84 Å². The van der Waals surface area contributed by atoms with Crippen molar-refractivity contribution in [3.05, 3.63) is 29.8 Å². The molecule has 15 heavy (non-hydrogen) atoms. The molecule has 0 amide bonds. The lowest BCUT2D eigenvalue weighted by Gasteiger charge is -2.10. The number of nitrogens with one attached hydrogen (secondary N) is 1. The van der Waals surface area contributed by atoms with Crippen molar-refractivity contribution in [2.24, 2.45) is 0 Å². The van der Waals surface area contributed by atoms with Crippen molar-refractivity contribution < 1.29 is 8.42 Å². The topological polar surface area (TPSA) is 46.2 Å². The molecule has 1 aromatic carbocycles. The van der Waals surface area contributed by atoms with Crippen molar-refractivity contribution in [1.82, 2.24) is 5.32 Å². The summed E-state index contributed by atoms with van der Waals surface area (Å²) in [6, 6.07) is 7.08. The molecule has 0 spiro atoms. The van der Waals surface area contributed by atoms with Gasteiger partial charge in [-0.1, -0.05) is 17.7 Å². The molecule has 1 N–H and O–H groups in total. The van der Waals surface area contributed by atoms with Crippen LogP contribution in [0.15, 0.2) is 29.2 Å². The summed E-state index contributed by atoms with van der Waals surface area (Å²) in [6.07, 6.45) is 0.718. The first-order valence-electron chi connectivity index (χ1n) is 5.12. The zero-order valence-corrected chi connectivity index (χ0v) is 9.55. The highest BCUT2D eigenvalue weighted by Gasteiger charge is 2.29. The molecule has 0 bridgehead atoms. The summed E-state index contributed by atoms with van der Waals surface area (Å²) in [4.78, 5) is 0.446. The van der Waals surface area contributed by atoms with E-state index in [9.17, 15) is 8.42 Å². The number of sulfone groups is 1. The van der Waals surface area contributed by atoms with Gasteiger partial charge in [-0.3, -0.25) is 0 Å². The summed E-state index contributed by atoms with van der Waals surface area (Å²) in [5.74, 6) is 0. The molecule has 1 saturated heterocycles. The van der Waals surface area contributed by atoms with Gasteiger partial charge in [0.15, 0.2) is 9.84 Å². The average Bonchev–Trinajstić information content (AvgIpc) is 2.71. The SMILES string of the molecule is Cc1ccc(S(=O)(=O)[C@@H]2CCNC2)cc1. The first-order valence-corrected chi connectivity index (χ1v) is 6.66. The van der Waals surface area contributed by atoms with Crippen molar-refractivity contribution in [1.29, 1.82) is 0 Å². The Balaban J connectivity index is 2.32. The summed E-state index contributed by atoms with van der Waals surface area (Å²) in [5.41, 5.74) is 1.08. The number of hydrogen-bond acceptors (Lipinski definition) is 3. The summed E-state index contributed by atoms with van der Waals surface area (Å²) in [7, 11) is -3.12. The van der Waals surface area contributed by atoms with E-state index >= 15 is 0 Å². The Hall–Kier alpha value is -0.870. The van der Waals surface area contributed by atoms with Crippen LogP contribution < -0.4 is 5.32 Å². The number of hydrogen-bond donors (Lipinski definition) is 1. The van der Waals surface area contributed by atoms with Gasteiger partial charge < -0.3 is 5.32 Å². The maximum atomic E-state index is 12.1. The average molecular weight is 225 g/mol. The van der Waals surface area contributed by atoms with E-state index in [1.807, 2.05) is 19.1 Å². The monoisotopic (exact) mass is 225 g/mol. The van der Waals surface area contributed by atoms with E-state index in [1.54, 1.807) is 12.1 Å². The largest absolute Gasteiger partial charge is 0.315 e. The van der Waals surface area contributed by atoms with Crippen LogP contribution in [-0.4, -0.2) is 26.8 Å². The van der Waals surface area contributed by atoms with Crippen LogP contribution >= 0.6 is 0 Å². The van der Waals surface area contributed by atoms with Crippen LogP contribution in [-0.2, 0) is 9.84 Å². The van der Waals surface area contributed by atoms with Crippen LogP contribution in [0.1, 0.15) is 12.0 Å². The Morgan fingerprint density at radius 1 is 1.27 bits per heavy atom. The van der Waals surface area contributed by atoms with Crippen molar-refractivity contribution in [3.8, 4) is 0 Å². The van der Waals surface area contributed by atoms with Gasteiger partial charge in [-0.2, -0.15) is 0 Å². The van der Waals surface area contributed by atoms with Gasteiger partial charge in [-0.05, 0) is 32.0 Å². The van der Waals surface area contributed by atoms with Crippen LogP contribution in [0, 0.1) is 6.92 Å². The Morgan fingerprint density at radius 3 is 2.47 bits per heavy atom. The predicted molar refractivity (Wildman–Crippen MR) is 59.6 cm³/mol. The van der Waals surface area contributed by atoms with E-state index in [4.69, 9.17) is 0 Å². The van der Waals surface area contributed by atoms with E-state index in [1.165, 1.54) is 0 Å². The maximum absolute atomic E-state index is 12.1. The van der Waals surface area contributed by atoms with Crippen molar-refractivity contribution >= 4 is 9.84 Å². The lowest BCUT2D eigenvalue weighted by atomic mass is 10.2. The first-order chi connectivity index (χ1) is 7.10. The molecule has 1 aliphatic rings. The van der Waals surface area contributed by atoms with Gasteiger partial charge in [-0.15, -0.1) is 0 Å². The zero-order chi connectivity index (χ0) is 10.9. The quantitative estimate of drug-likeness (QED) is 0.820. The third-order valence-electron chi connectivity index (χ3n) is 2.80. The molecule has 0 aliphatic carbocycles. The fourth-order valence-corrected chi connectivity index (χ4v) is 3.48. The van der Waals surface area contributed by atoms with Gasteiger partial charge in [0.25, 0.3) is 0 Å². The van der Waals surface area contributed by atoms with Crippen molar-refractivity contribution in [2.45, 2.75) is 23.5 Å². The van der Waals surface area contributed by atoms with Crippen LogP contribution in [0.25, 0.3) is 0 Å². The molecule has 0 unspecified atom stereocenters. The van der Waals surface area contributed by atoms with E-state index in [-0.39, 0.29) is 5.25 Å². The molecule has 1 heterocycles. The molecule has 0 aromatic heterocycles. The first kappa shape index (κ1) is 10.6. The van der Waals surface area contributed by atoms with Gasteiger partial charge in [0, 0.05) is 6.54 Å². The van der Waals surface area contributed by atoms with Gasteiger partial charge in [0.05, 0.1) is 10.1 Å². The summed E-state index contributed by atoms with van der Waals surface area (Å²) < 4.78 is 24.2. The van der Waals surface area contributed by atoms with Gasteiger partial charge >= 0.3 is 0 Å². The second-order valence-corrected chi connectivity index (χ2v) is 6.20. The molecule has 1 aliphatic heterocycles. The molecular weight excluding hydrogens is 210 g/mol. The molecule has 3 nitrogen and oxygen atoms in total. The number of aryl methyl sites for hydroxylation is 1. The molecule has 82 valence electrons. The minimum absolute atomic E-state index is 0.250. The third-order valence-corrected chi connectivity index (χ3v) is 5.01. The lowest BCUT2D eigenvalue weighted by Crippen LogP contribution is -2.23. The second kappa shape index (κ2) is 3.94. The summed E-state index contributed by atoms with van der Waals surface area (Å²) >= 11 is 0. The summed E-state index contributed by atoms with van der Waals surface area (Å²) in [5, 5.41) is 2.83. The fourth-order valence-electron chi connectivity index (χ4n) is 1.81. The summed E-state index contributed by atoms with van der Waals surface area (Å²) in [6.45, 7) is 3.33. The molecule has 1 atom stereocenters. The van der Waals surface area contributed by atoms with Crippen LogP contribution in [0.5, 0.6) is 0 Å². The highest BCUT2D eigenvalue weighted by atomic mass is 32.2. The van der Waals surface area contributed by atoms with Crippen LogP contribution in [0.4, 0.5) is 0 Å². The maximum Gasteiger partial charge on any atom is 0.182 e. The smallest absolute Gasteiger partial charge is 0.182 e. The number of benzene rings is 1. The molecule has 1 aromatic rings. The Labute approximate surface area is 90.4 Å². The fraction of sp³-hybridized carbons (Fsp3) is 0.455. The third kappa shape index (κ3) is 2.06. The van der Waals surface area contributed by atoms with E-state index in [0.717, 1.165) is 18.5 Å². The van der Waals surface area contributed by atoms with E-state index in [0.29, 0.717) is 11.4 Å². The highest BCUT2D eigenvalue weighted by molar-refractivity contribution is 7.92. The predicted octanol–water partition coefficient (Wildman–Crippen LogP) is 1.13. The lowest BCUT2D eigenvalue weighted by molar-refractivity contribution is 0.583. The Bertz CT molecular complexity index is 430. The molecular formula is C11H15NO2S.